The molecule has 18 heavy (non-hydrogen) atoms. The Morgan fingerprint density at radius 3 is 2.89 bits per heavy atom. The maximum atomic E-state index is 11.7. The van der Waals surface area contributed by atoms with Gasteiger partial charge in [-0.25, -0.2) is 4.98 Å². The van der Waals surface area contributed by atoms with Crippen LogP contribution in [0.1, 0.15) is 11.3 Å². The Balaban J connectivity index is 2.00. The van der Waals surface area contributed by atoms with Crippen LogP contribution in [-0.4, -0.2) is 19.6 Å². The molecule has 0 atom stereocenters. The van der Waals surface area contributed by atoms with Gasteiger partial charge in [0.25, 0.3) is 5.56 Å². The molecule has 3 rings (SSSR count). The molecule has 0 aromatic carbocycles. The van der Waals surface area contributed by atoms with Gasteiger partial charge in [0.2, 0.25) is 4.96 Å². The summed E-state index contributed by atoms with van der Waals surface area (Å²) in [5.41, 5.74) is 3.06. The first-order valence-corrected chi connectivity index (χ1v) is 6.12. The molecule has 3 aromatic rings. The maximum Gasteiger partial charge on any atom is 0.275 e. The van der Waals surface area contributed by atoms with Crippen molar-refractivity contribution in [2.24, 2.45) is 0 Å². The van der Waals surface area contributed by atoms with Crippen LogP contribution in [0.4, 0.5) is 0 Å². The molecule has 0 aliphatic heterocycles. The zero-order chi connectivity index (χ0) is 12.4. The fourth-order valence-electron chi connectivity index (χ4n) is 1.51. The first-order valence-electron chi connectivity index (χ1n) is 5.25. The van der Waals surface area contributed by atoms with Crippen LogP contribution in [0.25, 0.3) is 17.1 Å². The fraction of sp³-hybridized carbons (Fsp3) is 0. The number of fused-ring (bicyclic) bond motifs is 1. The monoisotopic (exact) mass is 256 g/mol. The van der Waals surface area contributed by atoms with Gasteiger partial charge in [-0.05, 0) is 23.8 Å². The van der Waals surface area contributed by atoms with Gasteiger partial charge in [0.05, 0.1) is 5.69 Å². The van der Waals surface area contributed by atoms with Crippen molar-refractivity contribution in [3.05, 3.63) is 57.7 Å². The zero-order valence-electron chi connectivity index (χ0n) is 9.22. The predicted molar refractivity (Wildman–Crippen MR) is 70.3 cm³/mol. The number of hydrogen-bond donors (Lipinski definition) is 0. The minimum atomic E-state index is -0.171. The Morgan fingerprint density at radius 1 is 1.22 bits per heavy atom. The molecule has 6 heteroatoms. The molecular formula is C12H8N4OS. The highest BCUT2D eigenvalue weighted by molar-refractivity contribution is 7.14. The van der Waals surface area contributed by atoms with Crippen molar-refractivity contribution in [3.8, 4) is 0 Å². The average Bonchev–Trinajstić information content (AvgIpc) is 2.86. The van der Waals surface area contributed by atoms with Gasteiger partial charge in [-0.1, -0.05) is 17.4 Å². The van der Waals surface area contributed by atoms with E-state index in [1.54, 1.807) is 24.0 Å². The third-order valence-corrected chi connectivity index (χ3v) is 3.03. The molecule has 0 spiro atoms. The molecular weight excluding hydrogens is 248 g/mol. The molecule has 0 aliphatic rings. The molecule has 0 aliphatic carbocycles. The van der Waals surface area contributed by atoms with E-state index in [4.69, 9.17) is 0 Å². The fourth-order valence-corrected chi connectivity index (χ4v) is 2.14. The van der Waals surface area contributed by atoms with Crippen molar-refractivity contribution in [1.29, 1.82) is 0 Å². The SMILES string of the molecule is O=c1cc(/C=C/c2ccncc2)nc2scnn12. The zero-order valence-corrected chi connectivity index (χ0v) is 10.0. The minimum absolute atomic E-state index is 0.171. The molecule has 88 valence electrons. The van der Waals surface area contributed by atoms with Gasteiger partial charge in [-0.15, -0.1) is 0 Å². The van der Waals surface area contributed by atoms with Crippen LogP contribution in [-0.2, 0) is 0 Å². The second kappa shape index (κ2) is 4.50. The molecule has 0 fully saturated rings. The second-order valence-electron chi connectivity index (χ2n) is 3.57. The summed E-state index contributed by atoms with van der Waals surface area (Å²) in [6, 6.07) is 5.23. The summed E-state index contributed by atoms with van der Waals surface area (Å²) in [4.78, 5) is 20.6. The van der Waals surface area contributed by atoms with Crippen LogP contribution in [0, 0.1) is 0 Å². The van der Waals surface area contributed by atoms with Crippen LogP contribution in [0.15, 0.2) is 40.9 Å². The minimum Gasteiger partial charge on any atom is -0.267 e. The molecule has 0 amide bonds. The molecule has 3 heterocycles. The van der Waals surface area contributed by atoms with E-state index in [1.165, 1.54) is 21.9 Å². The van der Waals surface area contributed by atoms with Gasteiger partial charge in [0, 0.05) is 18.5 Å². The van der Waals surface area contributed by atoms with Crippen molar-refractivity contribution < 1.29 is 0 Å². The smallest absolute Gasteiger partial charge is 0.267 e. The standard InChI is InChI=1S/C12H8N4OS/c17-11-7-10(15-12-16(11)14-8-18-12)2-1-9-3-5-13-6-4-9/h1-8H/b2-1+. The number of rotatable bonds is 2. The highest BCUT2D eigenvalue weighted by Gasteiger charge is 2.01. The molecule has 3 aromatic heterocycles. The lowest BCUT2D eigenvalue weighted by Gasteiger charge is -1.94. The van der Waals surface area contributed by atoms with Crippen LogP contribution in [0.2, 0.25) is 0 Å². The van der Waals surface area contributed by atoms with Crippen LogP contribution in [0.5, 0.6) is 0 Å². The van der Waals surface area contributed by atoms with Crippen LogP contribution >= 0.6 is 11.3 Å². The highest BCUT2D eigenvalue weighted by atomic mass is 32.1. The third kappa shape index (κ3) is 2.05. The van der Waals surface area contributed by atoms with Crippen molar-refractivity contribution >= 4 is 28.4 Å². The number of hydrogen-bond acceptors (Lipinski definition) is 5. The second-order valence-corrected chi connectivity index (χ2v) is 4.38. The topological polar surface area (TPSA) is 60.2 Å². The quantitative estimate of drug-likeness (QED) is 0.700. The molecule has 0 radical (unpaired) electrons. The normalized spacial score (nSPS) is 11.3. The molecule has 0 bridgehead atoms. The Morgan fingerprint density at radius 2 is 2.06 bits per heavy atom. The number of nitrogens with zero attached hydrogens (tertiary/aromatic N) is 4. The summed E-state index contributed by atoms with van der Waals surface area (Å²) in [6.07, 6.45) is 7.13. The van der Waals surface area contributed by atoms with Gasteiger partial charge >= 0.3 is 0 Å². The van der Waals surface area contributed by atoms with Crippen molar-refractivity contribution in [1.82, 2.24) is 19.6 Å². The van der Waals surface area contributed by atoms with Gasteiger partial charge in [-0.3, -0.25) is 9.78 Å². The maximum absolute atomic E-state index is 11.7. The largest absolute Gasteiger partial charge is 0.275 e. The summed E-state index contributed by atoms with van der Waals surface area (Å²) in [5, 5.41) is 3.91. The summed E-state index contributed by atoms with van der Waals surface area (Å²) >= 11 is 1.33. The van der Waals surface area contributed by atoms with Gasteiger partial charge in [-0.2, -0.15) is 9.61 Å². The van der Waals surface area contributed by atoms with E-state index in [0.29, 0.717) is 10.7 Å². The Bertz CT molecular complexity index is 760. The summed E-state index contributed by atoms with van der Waals surface area (Å²) in [5.74, 6) is 0. The first kappa shape index (κ1) is 10.8. The number of aromatic nitrogens is 4. The van der Waals surface area contributed by atoms with E-state index in [2.05, 4.69) is 15.1 Å². The Kier molecular flexibility index (Phi) is 2.70. The molecule has 0 N–H and O–H groups in total. The van der Waals surface area contributed by atoms with Crippen LogP contribution in [0.3, 0.4) is 0 Å². The van der Waals surface area contributed by atoms with Gasteiger partial charge < -0.3 is 0 Å². The molecule has 0 unspecified atom stereocenters. The summed E-state index contributed by atoms with van der Waals surface area (Å²) in [7, 11) is 0. The van der Waals surface area contributed by atoms with E-state index in [-0.39, 0.29) is 5.56 Å². The van der Waals surface area contributed by atoms with Crippen molar-refractivity contribution in [2.45, 2.75) is 0 Å². The lowest BCUT2D eigenvalue weighted by atomic mass is 10.2. The summed E-state index contributed by atoms with van der Waals surface area (Å²) in [6.45, 7) is 0. The lowest BCUT2D eigenvalue weighted by molar-refractivity contribution is 0.897. The highest BCUT2D eigenvalue weighted by Crippen LogP contribution is 2.07. The summed E-state index contributed by atoms with van der Waals surface area (Å²) < 4.78 is 1.29. The van der Waals surface area contributed by atoms with E-state index in [1.807, 2.05) is 18.2 Å². The molecule has 5 nitrogen and oxygen atoms in total. The molecule has 0 saturated heterocycles. The lowest BCUT2D eigenvalue weighted by Crippen LogP contribution is -2.13. The Labute approximate surface area is 106 Å². The van der Waals surface area contributed by atoms with Crippen molar-refractivity contribution in [2.75, 3.05) is 0 Å². The van der Waals surface area contributed by atoms with Gasteiger partial charge in [0.15, 0.2) is 0 Å². The van der Waals surface area contributed by atoms with Crippen LogP contribution < -0.4 is 5.56 Å². The first-order chi connectivity index (χ1) is 8.83. The predicted octanol–water partition coefficient (Wildman–Crippen LogP) is 1.72. The number of pyridine rings is 1. The van der Waals surface area contributed by atoms with E-state index in [9.17, 15) is 4.79 Å². The molecule has 0 saturated carbocycles. The average molecular weight is 256 g/mol. The van der Waals surface area contributed by atoms with E-state index < -0.39 is 0 Å². The van der Waals surface area contributed by atoms with Crippen molar-refractivity contribution in [3.63, 3.8) is 0 Å². The third-order valence-electron chi connectivity index (χ3n) is 2.36. The Hall–Kier alpha value is -2.34. The van der Waals surface area contributed by atoms with E-state index >= 15 is 0 Å². The van der Waals surface area contributed by atoms with Gasteiger partial charge in [0.1, 0.15) is 5.51 Å². The van der Waals surface area contributed by atoms with E-state index in [0.717, 1.165) is 5.56 Å².